The van der Waals surface area contributed by atoms with E-state index in [-0.39, 0.29) is 24.6 Å². The summed E-state index contributed by atoms with van der Waals surface area (Å²) in [7, 11) is 0. The van der Waals surface area contributed by atoms with Gasteiger partial charge in [0.1, 0.15) is 5.76 Å². The lowest BCUT2D eigenvalue weighted by atomic mass is 10.2. The van der Waals surface area contributed by atoms with Gasteiger partial charge < -0.3 is 24.7 Å². The molecule has 1 aromatic rings. The molecule has 0 radical (unpaired) electrons. The summed E-state index contributed by atoms with van der Waals surface area (Å²) in [6, 6.07) is 3.34. The SMILES string of the molecule is CCOC(=O)C(/C(N)=N/N=C/c1ccco1)=C(/O)OCC. The molecule has 0 saturated carbocycles. The van der Waals surface area contributed by atoms with Gasteiger partial charge in [0, 0.05) is 0 Å². The van der Waals surface area contributed by atoms with Crippen LogP contribution in [0.1, 0.15) is 19.6 Å². The van der Waals surface area contributed by atoms with Crippen LogP contribution in [0.5, 0.6) is 0 Å². The largest absolute Gasteiger partial charge is 0.480 e. The number of nitrogens with two attached hydrogens (primary N) is 1. The third-order valence-corrected chi connectivity index (χ3v) is 2.12. The monoisotopic (exact) mass is 295 g/mol. The number of aliphatic hydroxyl groups is 1. The summed E-state index contributed by atoms with van der Waals surface area (Å²) < 4.78 is 14.6. The predicted molar refractivity (Wildman–Crippen MR) is 75.8 cm³/mol. The standard InChI is InChI=1S/C13H17N3O5/c1-3-19-12(17)10(13(18)20-4-2)11(14)16-15-8-9-6-5-7-21-9/h5-8,17H,3-4H2,1-2H3,(H2,14,16)/b12-10-,15-8+. The van der Waals surface area contributed by atoms with Crippen LogP contribution < -0.4 is 5.73 Å². The van der Waals surface area contributed by atoms with E-state index in [4.69, 9.17) is 19.6 Å². The molecule has 0 aliphatic carbocycles. The molecule has 21 heavy (non-hydrogen) atoms. The molecule has 8 nitrogen and oxygen atoms in total. The first-order valence-electron chi connectivity index (χ1n) is 6.23. The number of nitrogens with zero attached hydrogens (tertiary/aromatic N) is 2. The molecule has 1 rings (SSSR count). The molecule has 0 aliphatic rings. The molecule has 8 heteroatoms. The Morgan fingerprint density at radius 2 is 2.14 bits per heavy atom. The second-order valence-corrected chi connectivity index (χ2v) is 3.58. The maximum absolute atomic E-state index is 11.7. The molecule has 0 aromatic carbocycles. The molecule has 3 N–H and O–H groups in total. The Hall–Kier alpha value is -2.77. The number of ether oxygens (including phenoxy) is 2. The maximum atomic E-state index is 11.7. The minimum Gasteiger partial charge on any atom is -0.480 e. The average molecular weight is 295 g/mol. The molecule has 0 saturated heterocycles. The molecular weight excluding hydrogens is 278 g/mol. The van der Waals surface area contributed by atoms with E-state index in [1.165, 1.54) is 12.5 Å². The Kier molecular flexibility index (Phi) is 6.52. The highest BCUT2D eigenvalue weighted by atomic mass is 16.6. The van der Waals surface area contributed by atoms with Crippen LogP contribution in [0, 0.1) is 0 Å². The van der Waals surface area contributed by atoms with Gasteiger partial charge in [0.05, 0.1) is 25.7 Å². The summed E-state index contributed by atoms with van der Waals surface area (Å²) in [6.45, 7) is 3.53. The summed E-state index contributed by atoms with van der Waals surface area (Å²) in [5.41, 5.74) is 5.25. The first-order valence-corrected chi connectivity index (χ1v) is 6.23. The molecule has 0 aliphatic heterocycles. The van der Waals surface area contributed by atoms with Crippen molar-refractivity contribution in [3.05, 3.63) is 35.7 Å². The van der Waals surface area contributed by atoms with E-state index in [9.17, 15) is 9.90 Å². The van der Waals surface area contributed by atoms with Gasteiger partial charge in [-0.05, 0) is 26.0 Å². The van der Waals surface area contributed by atoms with Crippen molar-refractivity contribution in [3.63, 3.8) is 0 Å². The first-order chi connectivity index (χ1) is 10.1. The Morgan fingerprint density at radius 1 is 1.43 bits per heavy atom. The van der Waals surface area contributed by atoms with Gasteiger partial charge in [-0.25, -0.2) is 4.79 Å². The highest BCUT2D eigenvalue weighted by Crippen LogP contribution is 2.07. The van der Waals surface area contributed by atoms with Gasteiger partial charge in [0.25, 0.3) is 5.95 Å². The summed E-state index contributed by atoms with van der Waals surface area (Å²) in [6.07, 6.45) is 2.77. The van der Waals surface area contributed by atoms with Gasteiger partial charge in [-0.2, -0.15) is 5.10 Å². The Balaban J connectivity index is 2.96. The molecule has 0 fully saturated rings. The highest BCUT2D eigenvalue weighted by molar-refractivity contribution is 6.18. The fraction of sp³-hybridized carbons (Fsp3) is 0.308. The van der Waals surface area contributed by atoms with Gasteiger partial charge in [-0.3, -0.25) is 0 Å². The van der Waals surface area contributed by atoms with Crippen LogP contribution in [-0.4, -0.2) is 36.3 Å². The van der Waals surface area contributed by atoms with Gasteiger partial charge in [-0.1, -0.05) is 0 Å². The lowest BCUT2D eigenvalue weighted by molar-refractivity contribution is -0.138. The second-order valence-electron chi connectivity index (χ2n) is 3.58. The van der Waals surface area contributed by atoms with Crippen LogP contribution in [0.3, 0.4) is 0 Å². The molecular formula is C13H17N3O5. The number of hydrogen-bond acceptors (Lipinski definition) is 7. The van der Waals surface area contributed by atoms with Gasteiger partial charge in [-0.15, -0.1) is 5.10 Å². The van der Waals surface area contributed by atoms with Crippen molar-refractivity contribution in [1.29, 1.82) is 0 Å². The summed E-state index contributed by atoms with van der Waals surface area (Å²) in [4.78, 5) is 11.7. The van der Waals surface area contributed by atoms with E-state index < -0.39 is 11.9 Å². The van der Waals surface area contributed by atoms with E-state index in [2.05, 4.69) is 10.2 Å². The molecule has 0 atom stereocenters. The second kappa shape index (κ2) is 8.41. The molecule has 1 heterocycles. The van der Waals surface area contributed by atoms with Crippen molar-refractivity contribution in [2.75, 3.05) is 13.2 Å². The number of aliphatic hydroxyl groups excluding tert-OH is 1. The molecule has 0 unspecified atom stereocenters. The fourth-order valence-electron chi connectivity index (χ4n) is 1.28. The van der Waals surface area contributed by atoms with E-state index >= 15 is 0 Å². The van der Waals surface area contributed by atoms with Crippen molar-refractivity contribution >= 4 is 18.0 Å². The topological polar surface area (TPSA) is 120 Å². The van der Waals surface area contributed by atoms with Crippen molar-refractivity contribution in [1.82, 2.24) is 0 Å². The fourth-order valence-corrected chi connectivity index (χ4v) is 1.28. The normalized spacial score (nSPS) is 13.1. The number of rotatable bonds is 7. The Bertz CT molecular complexity index is 546. The van der Waals surface area contributed by atoms with Crippen molar-refractivity contribution in [2.45, 2.75) is 13.8 Å². The van der Waals surface area contributed by atoms with E-state index in [0.717, 1.165) is 0 Å². The Labute approximate surface area is 121 Å². The minimum absolute atomic E-state index is 0.116. The van der Waals surface area contributed by atoms with Crippen LogP contribution in [-0.2, 0) is 14.3 Å². The summed E-state index contributed by atoms with van der Waals surface area (Å²) in [5, 5.41) is 17.0. The van der Waals surface area contributed by atoms with Crippen LogP contribution in [0.4, 0.5) is 0 Å². The maximum Gasteiger partial charge on any atom is 0.349 e. The van der Waals surface area contributed by atoms with Crippen LogP contribution in [0.25, 0.3) is 0 Å². The van der Waals surface area contributed by atoms with E-state index in [1.54, 1.807) is 26.0 Å². The summed E-state index contributed by atoms with van der Waals surface area (Å²) in [5.74, 6) is -1.38. The Morgan fingerprint density at radius 3 is 2.71 bits per heavy atom. The van der Waals surface area contributed by atoms with Crippen molar-refractivity contribution < 1.29 is 23.8 Å². The number of amidine groups is 1. The first kappa shape index (κ1) is 16.3. The highest BCUT2D eigenvalue weighted by Gasteiger charge is 2.22. The molecule has 114 valence electrons. The van der Waals surface area contributed by atoms with Crippen LogP contribution >= 0.6 is 0 Å². The van der Waals surface area contributed by atoms with Crippen LogP contribution in [0.2, 0.25) is 0 Å². The molecule has 0 bridgehead atoms. The molecule has 0 amide bonds. The van der Waals surface area contributed by atoms with Crippen LogP contribution in [0.15, 0.2) is 44.5 Å². The van der Waals surface area contributed by atoms with Crippen molar-refractivity contribution in [2.24, 2.45) is 15.9 Å². The van der Waals surface area contributed by atoms with Crippen molar-refractivity contribution in [3.8, 4) is 0 Å². The lowest BCUT2D eigenvalue weighted by Crippen LogP contribution is -2.25. The minimum atomic E-state index is -0.849. The zero-order chi connectivity index (χ0) is 15.7. The van der Waals surface area contributed by atoms with Gasteiger partial charge in [0.2, 0.25) is 0 Å². The zero-order valence-electron chi connectivity index (χ0n) is 11.8. The van der Waals surface area contributed by atoms with E-state index in [0.29, 0.717) is 5.76 Å². The number of esters is 1. The quantitative estimate of drug-likeness (QED) is 0.195. The van der Waals surface area contributed by atoms with Gasteiger partial charge in [0.15, 0.2) is 11.4 Å². The zero-order valence-corrected chi connectivity index (χ0v) is 11.8. The third kappa shape index (κ3) is 5.01. The number of carbonyl (C=O) groups is 1. The third-order valence-electron chi connectivity index (χ3n) is 2.12. The molecule has 1 aromatic heterocycles. The molecule has 0 spiro atoms. The lowest BCUT2D eigenvalue weighted by Gasteiger charge is -2.08. The van der Waals surface area contributed by atoms with E-state index in [1.807, 2.05) is 0 Å². The summed E-state index contributed by atoms with van der Waals surface area (Å²) >= 11 is 0. The smallest absolute Gasteiger partial charge is 0.349 e. The number of hydrogen-bond donors (Lipinski definition) is 2. The average Bonchev–Trinajstić information content (AvgIpc) is 2.92. The number of furan rings is 1. The number of carbonyl (C=O) groups excluding carboxylic acids is 1. The predicted octanol–water partition coefficient (Wildman–Crippen LogP) is 1.34. The van der Waals surface area contributed by atoms with Gasteiger partial charge >= 0.3 is 5.97 Å².